The normalized spacial score (nSPS) is 15.7. The van der Waals surface area contributed by atoms with Gasteiger partial charge in [0.1, 0.15) is 0 Å². The van der Waals surface area contributed by atoms with Crippen molar-refractivity contribution in [2.75, 3.05) is 0 Å². The monoisotopic (exact) mass is 229 g/mol. The van der Waals surface area contributed by atoms with Crippen LogP contribution in [0.4, 0.5) is 0 Å². The zero-order chi connectivity index (χ0) is 9.14. The van der Waals surface area contributed by atoms with Crippen LogP contribution in [0.1, 0.15) is 18.6 Å². The summed E-state index contributed by atoms with van der Waals surface area (Å²) in [5.41, 5.74) is 6.40. The first-order valence-corrected chi connectivity index (χ1v) is 4.59. The van der Waals surface area contributed by atoms with Crippen molar-refractivity contribution in [1.29, 1.82) is 0 Å². The average Bonchev–Trinajstić information content (AvgIpc) is 2.03. The van der Waals surface area contributed by atoms with E-state index in [-0.39, 0.29) is 6.04 Å². The molecular formula is C9H12BrNO. The van der Waals surface area contributed by atoms with Crippen LogP contribution in [-0.4, -0.2) is 11.1 Å². The van der Waals surface area contributed by atoms with Gasteiger partial charge >= 0.3 is 0 Å². The summed E-state index contributed by atoms with van der Waals surface area (Å²) in [7, 11) is 0. The predicted molar refractivity (Wildman–Crippen MR) is 52.8 cm³/mol. The third-order valence-corrected chi connectivity index (χ3v) is 2.18. The van der Waals surface area contributed by atoms with E-state index in [0.29, 0.717) is 0 Å². The maximum absolute atomic E-state index is 9.58. The molecule has 12 heavy (non-hydrogen) atoms. The van der Waals surface area contributed by atoms with Crippen LogP contribution < -0.4 is 5.73 Å². The SMILES string of the molecule is C[C@H](N)[C@H](O)c1cccc(Br)c1. The average molecular weight is 230 g/mol. The summed E-state index contributed by atoms with van der Waals surface area (Å²) in [4.78, 5) is 0. The summed E-state index contributed by atoms with van der Waals surface area (Å²) >= 11 is 3.33. The molecule has 0 aliphatic heterocycles. The molecule has 3 heteroatoms. The van der Waals surface area contributed by atoms with Gasteiger partial charge in [-0.1, -0.05) is 28.1 Å². The molecule has 0 spiro atoms. The minimum absolute atomic E-state index is 0.237. The van der Waals surface area contributed by atoms with E-state index >= 15 is 0 Å². The van der Waals surface area contributed by atoms with Gasteiger partial charge in [0, 0.05) is 10.5 Å². The second-order valence-corrected chi connectivity index (χ2v) is 3.77. The molecule has 1 aromatic carbocycles. The minimum atomic E-state index is -0.581. The van der Waals surface area contributed by atoms with Crippen molar-refractivity contribution in [2.24, 2.45) is 5.73 Å². The van der Waals surface area contributed by atoms with Crippen LogP contribution in [0.15, 0.2) is 28.7 Å². The number of halogens is 1. The van der Waals surface area contributed by atoms with Gasteiger partial charge in [0.2, 0.25) is 0 Å². The highest BCUT2D eigenvalue weighted by Crippen LogP contribution is 2.19. The number of rotatable bonds is 2. The Kier molecular flexibility index (Phi) is 3.26. The maximum Gasteiger partial charge on any atom is 0.0938 e. The van der Waals surface area contributed by atoms with Crippen molar-refractivity contribution < 1.29 is 5.11 Å². The lowest BCUT2D eigenvalue weighted by atomic mass is 10.0. The van der Waals surface area contributed by atoms with E-state index in [1.54, 1.807) is 6.92 Å². The Bertz CT molecular complexity index is 262. The van der Waals surface area contributed by atoms with Crippen molar-refractivity contribution in [3.05, 3.63) is 34.3 Å². The predicted octanol–water partition coefficient (Wildman–Crippen LogP) is 1.83. The summed E-state index contributed by atoms with van der Waals surface area (Å²) in [5, 5.41) is 9.58. The first kappa shape index (κ1) is 9.71. The van der Waals surface area contributed by atoms with E-state index < -0.39 is 6.10 Å². The molecule has 66 valence electrons. The molecule has 0 saturated carbocycles. The van der Waals surface area contributed by atoms with Gasteiger partial charge < -0.3 is 10.8 Å². The lowest BCUT2D eigenvalue weighted by Crippen LogP contribution is -2.24. The quantitative estimate of drug-likeness (QED) is 0.814. The summed E-state index contributed by atoms with van der Waals surface area (Å²) in [6, 6.07) is 7.29. The molecule has 2 atom stereocenters. The summed E-state index contributed by atoms with van der Waals surface area (Å²) < 4.78 is 0.958. The topological polar surface area (TPSA) is 46.2 Å². The van der Waals surface area contributed by atoms with Crippen molar-refractivity contribution in [3.8, 4) is 0 Å². The number of hydrogen-bond donors (Lipinski definition) is 2. The number of aliphatic hydroxyl groups is 1. The molecule has 0 aliphatic carbocycles. The van der Waals surface area contributed by atoms with Crippen molar-refractivity contribution in [3.63, 3.8) is 0 Å². The van der Waals surface area contributed by atoms with Crippen LogP contribution in [-0.2, 0) is 0 Å². The van der Waals surface area contributed by atoms with E-state index in [2.05, 4.69) is 15.9 Å². The zero-order valence-corrected chi connectivity index (χ0v) is 8.45. The molecule has 2 nitrogen and oxygen atoms in total. The van der Waals surface area contributed by atoms with Gasteiger partial charge in [0.15, 0.2) is 0 Å². The molecule has 0 aliphatic rings. The number of hydrogen-bond acceptors (Lipinski definition) is 2. The van der Waals surface area contributed by atoms with E-state index in [4.69, 9.17) is 5.73 Å². The fraction of sp³-hybridized carbons (Fsp3) is 0.333. The standard InChI is InChI=1S/C9H12BrNO/c1-6(11)9(12)7-3-2-4-8(10)5-7/h2-6,9,12H,11H2,1H3/t6-,9-/m0/s1. The molecule has 3 N–H and O–H groups in total. The van der Waals surface area contributed by atoms with E-state index in [0.717, 1.165) is 10.0 Å². The van der Waals surface area contributed by atoms with Gasteiger partial charge in [0.25, 0.3) is 0 Å². The molecule has 0 bridgehead atoms. The van der Waals surface area contributed by atoms with Gasteiger partial charge in [-0.2, -0.15) is 0 Å². The summed E-state index contributed by atoms with van der Waals surface area (Å²) in [6.45, 7) is 1.78. The van der Waals surface area contributed by atoms with Crippen molar-refractivity contribution in [1.82, 2.24) is 0 Å². The van der Waals surface area contributed by atoms with Crippen LogP contribution in [0.2, 0.25) is 0 Å². The molecule has 0 saturated heterocycles. The third-order valence-electron chi connectivity index (χ3n) is 1.69. The van der Waals surface area contributed by atoms with E-state index in [1.165, 1.54) is 0 Å². The van der Waals surface area contributed by atoms with Crippen LogP contribution in [0.3, 0.4) is 0 Å². The fourth-order valence-electron chi connectivity index (χ4n) is 0.994. The Labute approximate surface area is 80.5 Å². The second kappa shape index (κ2) is 4.03. The van der Waals surface area contributed by atoms with Gasteiger partial charge in [0.05, 0.1) is 6.10 Å². The van der Waals surface area contributed by atoms with E-state index in [9.17, 15) is 5.11 Å². The Balaban J connectivity index is 2.88. The molecule has 1 aromatic rings. The van der Waals surface area contributed by atoms with Crippen molar-refractivity contribution >= 4 is 15.9 Å². The molecule has 0 heterocycles. The number of nitrogens with two attached hydrogens (primary N) is 1. The van der Waals surface area contributed by atoms with Crippen LogP contribution in [0.5, 0.6) is 0 Å². The van der Waals surface area contributed by atoms with Crippen LogP contribution >= 0.6 is 15.9 Å². The highest BCUT2D eigenvalue weighted by atomic mass is 79.9. The summed E-state index contributed by atoms with van der Waals surface area (Å²) in [5.74, 6) is 0. The molecule has 1 rings (SSSR count). The Hall–Kier alpha value is -0.380. The molecule has 0 unspecified atom stereocenters. The highest BCUT2D eigenvalue weighted by molar-refractivity contribution is 9.10. The minimum Gasteiger partial charge on any atom is -0.387 e. The van der Waals surface area contributed by atoms with Gasteiger partial charge in [-0.05, 0) is 24.6 Å². The maximum atomic E-state index is 9.58. The lowest BCUT2D eigenvalue weighted by molar-refractivity contribution is 0.153. The Morgan fingerprint density at radius 1 is 1.50 bits per heavy atom. The number of benzene rings is 1. The Morgan fingerprint density at radius 3 is 2.67 bits per heavy atom. The largest absolute Gasteiger partial charge is 0.387 e. The highest BCUT2D eigenvalue weighted by Gasteiger charge is 2.11. The van der Waals surface area contributed by atoms with E-state index in [1.807, 2.05) is 24.3 Å². The third kappa shape index (κ3) is 2.30. The smallest absolute Gasteiger partial charge is 0.0938 e. The zero-order valence-electron chi connectivity index (χ0n) is 6.87. The Morgan fingerprint density at radius 2 is 2.17 bits per heavy atom. The van der Waals surface area contributed by atoms with Crippen molar-refractivity contribution in [2.45, 2.75) is 19.1 Å². The fourth-order valence-corrected chi connectivity index (χ4v) is 1.41. The molecule has 0 amide bonds. The van der Waals surface area contributed by atoms with Gasteiger partial charge in [-0.3, -0.25) is 0 Å². The van der Waals surface area contributed by atoms with Gasteiger partial charge in [-0.25, -0.2) is 0 Å². The first-order chi connectivity index (χ1) is 5.61. The molecule has 0 radical (unpaired) electrons. The van der Waals surface area contributed by atoms with Crippen LogP contribution in [0.25, 0.3) is 0 Å². The number of aliphatic hydroxyl groups excluding tert-OH is 1. The summed E-state index contributed by atoms with van der Waals surface area (Å²) in [6.07, 6.45) is -0.581. The second-order valence-electron chi connectivity index (χ2n) is 2.86. The first-order valence-electron chi connectivity index (χ1n) is 3.80. The van der Waals surface area contributed by atoms with Crippen LogP contribution in [0, 0.1) is 0 Å². The molecular weight excluding hydrogens is 218 g/mol. The lowest BCUT2D eigenvalue weighted by Gasteiger charge is -2.14. The molecule has 0 fully saturated rings. The molecule has 0 aromatic heterocycles. The van der Waals surface area contributed by atoms with Gasteiger partial charge in [-0.15, -0.1) is 0 Å².